The minimum Gasteiger partial charge on any atom is -0.310 e. The second-order valence-corrected chi connectivity index (χ2v) is 18.0. The first kappa shape index (κ1) is 36.0. The van der Waals surface area contributed by atoms with Gasteiger partial charge >= 0.3 is 0 Å². The average molecular weight is 802 g/mol. The summed E-state index contributed by atoms with van der Waals surface area (Å²) in [5.74, 6) is 0. The second kappa shape index (κ2) is 13.4. The topological polar surface area (TPSA) is 3.24 Å². The molecular weight excluding hydrogens is 759 g/mol. The lowest BCUT2D eigenvalue weighted by molar-refractivity contribution is 0.660. The van der Waals surface area contributed by atoms with Crippen LogP contribution in [-0.2, 0) is 10.8 Å². The normalized spacial score (nSPS) is 14.1. The van der Waals surface area contributed by atoms with Crippen molar-refractivity contribution in [2.75, 3.05) is 4.90 Å². The maximum atomic E-state index is 2.47. The Hall–Kier alpha value is -7.74. The standard InChI is InChI=1S/C62H43N/c1-61(2)55-25-9-5-20-49(55)53-35-33-46(39-60(53)61)63(44-31-29-40(30-32-44)42-17-13-18-43(37-42)48-24-14-16-41-15-3-4-19-47(41)48)45-34-36-59-54(38-45)52-23-8-12-28-58(52)62(59)56-26-10-6-21-50(56)51-22-7-11-27-57(51)62/h3-39H,1-2H3. The van der Waals surface area contributed by atoms with Gasteiger partial charge in [-0.15, -0.1) is 0 Å². The lowest BCUT2D eigenvalue weighted by atomic mass is 9.70. The zero-order valence-electron chi connectivity index (χ0n) is 35.3. The summed E-state index contributed by atoms with van der Waals surface area (Å²) in [6, 6.07) is 83.9. The fourth-order valence-electron chi connectivity index (χ4n) is 11.7. The van der Waals surface area contributed by atoms with E-state index in [1.54, 1.807) is 0 Å². The van der Waals surface area contributed by atoms with E-state index in [-0.39, 0.29) is 10.8 Å². The smallest absolute Gasteiger partial charge is 0.0725 e. The zero-order valence-corrected chi connectivity index (χ0v) is 35.3. The van der Waals surface area contributed by atoms with Crippen LogP contribution in [0.1, 0.15) is 47.2 Å². The summed E-state index contributed by atoms with van der Waals surface area (Å²) in [4.78, 5) is 2.47. The first-order valence-corrected chi connectivity index (χ1v) is 22.2. The maximum absolute atomic E-state index is 2.47. The number of hydrogen-bond acceptors (Lipinski definition) is 1. The van der Waals surface area contributed by atoms with Gasteiger partial charge in [-0.25, -0.2) is 0 Å². The summed E-state index contributed by atoms with van der Waals surface area (Å²) in [5.41, 5.74) is 23.8. The van der Waals surface area contributed by atoms with Gasteiger partial charge in [0.1, 0.15) is 0 Å². The summed E-state index contributed by atoms with van der Waals surface area (Å²) >= 11 is 0. The highest BCUT2D eigenvalue weighted by Crippen LogP contribution is 2.63. The van der Waals surface area contributed by atoms with Crippen molar-refractivity contribution in [3.63, 3.8) is 0 Å². The molecule has 0 heterocycles. The molecule has 296 valence electrons. The number of hydrogen-bond donors (Lipinski definition) is 0. The molecule has 10 aromatic rings. The Morgan fingerprint density at radius 1 is 0.286 bits per heavy atom. The van der Waals surface area contributed by atoms with Gasteiger partial charge in [0.05, 0.1) is 5.41 Å². The molecule has 1 heteroatoms. The Bertz CT molecular complexity index is 3440. The van der Waals surface area contributed by atoms with Crippen LogP contribution in [0.5, 0.6) is 0 Å². The largest absolute Gasteiger partial charge is 0.310 e. The molecule has 3 aliphatic carbocycles. The summed E-state index contributed by atoms with van der Waals surface area (Å²) in [7, 11) is 0. The molecule has 13 rings (SSSR count). The average Bonchev–Trinajstić information content (AvgIpc) is 3.90. The highest BCUT2D eigenvalue weighted by atomic mass is 15.1. The van der Waals surface area contributed by atoms with Crippen LogP contribution in [-0.4, -0.2) is 0 Å². The fourth-order valence-corrected chi connectivity index (χ4v) is 11.7. The van der Waals surface area contributed by atoms with E-state index in [1.165, 1.54) is 99.8 Å². The molecule has 1 spiro atoms. The highest BCUT2D eigenvalue weighted by molar-refractivity contribution is 5.99. The van der Waals surface area contributed by atoms with Crippen LogP contribution in [0.25, 0.3) is 66.4 Å². The van der Waals surface area contributed by atoms with Gasteiger partial charge in [0.15, 0.2) is 0 Å². The predicted octanol–water partition coefficient (Wildman–Crippen LogP) is 16.3. The van der Waals surface area contributed by atoms with Crippen LogP contribution in [0.3, 0.4) is 0 Å². The van der Waals surface area contributed by atoms with Gasteiger partial charge in [-0.2, -0.15) is 0 Å². The summed E-state index contributed by atoms with van der Waals surface area (Å²) in [5, 5.41) is 2.53. The third-order valence-electron chi connectivity index (χ3n) is 14.5. The van der Waals surface area contributed by atoms with Crippen molar-refractivity contribution in [3.05, 3.63) is 258 Å². The third-order valence-corrected chi connectivity index (χ3v) is 14.5. The van der Waals surface area contributed by atoms with E-state index >= 15 is 0 Å². The Balaban J connectivity index is 0.976. The number of rotatable bonds is 5. The van der Waals surface area contributed by atoms with Crippen molar-refractivity contribution in [1.29, 1.82) is 0 Å². The quantitative estimate of drug-likeness (QED) is 0.168. The van der Waals surface area contributed by atoms with Gasteiger partial charge in [-0.3, -0.25) is 0 Å². The Labute approximate surface area is 369 Å². The Kier molecular flexibility index (Phi) is 7.64. The Morgan fingerprint density at radius 2 is 0.762 bits per heavy atom. The number of benzene rings is 10. The van der Waals surface area contributed by atoms with E-state index in [1.807, 2.05) is 0 Å². The molecule has 10 aromatic carbocycles. The molecule has 0 fully saturated rings. The second-order valence-electron chi connectivity index (χ2n) is 18.0. The van der Waals surface area contributed by atoms with Crippen LogP contribution in [0.15, 0.2) is 224 Å². The van der Waals surface area contributed by atoms with Gasteiger partial charge in [-0.05, 0) is 142 Å². The van der Waals surface area contributed by atoms with Crippen LogP contribution in [0.4, 0.5) is 17.1 Å². The molecule has 0 radical (unpaired) electrons. The van der Waals surface area contributed by atoms with Gasteiger partial charge in [0.2, 0.25) is 0 Å². The van der Waals surface area contributed by atoms with Gasteiger partial charge < -0.3 is 4.90 Å². The van der Waals surface area contributed by atoms with Crippen molar-refractivity contribution < 1.29 is 0 Å². The van der Waals surface area contributed by atoms with E-state index in [0.717, 1.165) is 17.1 Å². The molecule has 0 atom stereocenters. The molecule has 1 nitrogen and oxygen atoms in total. The van der Waals surface area contributed by atoms with Crippen molar-refractivity contribution >= 4 is 27.8 Å². The molecule has 0 bridgehead atoms. The predicted molar refractivity (Wildman–Crippen MR) is 263 cm³/mol. The summed E-state index contributed by atoms with van der Waals surface area (Å²) in [6.45, 7) is 4.74. The highest BCUT2D eigenvalue weighted by Gasteiger charge is 2.51. The van der Waals surface area contributed by atoms with Crippen molar-refractivity contribution in [3.8, 4) is 55.6 Å². The molecule has 0 amide bonds. The lowest BCUT2D eigenvalue weighted by Crippen LogP contribution is -2.25. The van der Waals surface area contributed by atoms with E-state index < -0.39 is 0 Å². The molecule has 63 heavy (non-hydrogen) atoms. The number of fused-ring (bicyclic) bond motifs is 14. The summed E-state index contributed by atoms with van der Waals surface area (Å²) < 4.78 is 0. The molecule has 3 aliphatic rings. The molecule has 0 saturated heterocycles. The number of anilines is 3. The van der Waals surface area contributed by atoms with Gasteiger partial charge in [0, 0.05) is 22.5 Å². The van der Waals surface area contributed by atoms with Crippen LogP contribution in [0, 0.1) is 0 Å². The van der Waals surface area contributed by atoms with Gasteiger partial charge in [0.25, 0.3) is 0 Å². The first-order valence-electron chi connectivity index (χ1n) is 22.2. The van der Waals surface area contributed by atoms with E-state index in [4.69, 9.17) is 0 Å². The molecule has 0 N–H and O–H groups in total. The van der Waals surface area contributed by atoms with Gasteiger partial charge in [-0.1, -0.05) is 196 Å². The van der Waals surface area contributed by atoms with Crippen molar-refractivity contribution in [2.24, 2.45) is 0 Å². The zero-order chi connectivity index (χ0) is 41.9. The molecule has 0 aliphatic heterocycles. The van der Waals surface area contributed by atoms with Crippen LogP contribution < -0.4 is 4.90 Å². The van der Waals surface area contributed by atoms with E-state index in [9.17, 15) is 0 Å². The summed E-state index contributed by atoms with van der Waals surface area (Å²) in [6.07, 6.45) is 0. The van der Waals surface area contributed by atoms with Crippen molar-refractivity contribution in [2.45, 2.75) is 24.7 Å². The third kappa shape index (κ3) is 5.05. The van der Waals surface area contributed by atoms with Crippen LogP contribution >= 0.6 is 0 Å². The molecule has 0 aromatic heterocycles. The van der Waals surface area contributed by atoms with Crippen LogP contribution in [0.2, 0.25) is 0 Å². The van der Waals surface area contributed by atoms with E-state index in [2.05, 4.69) is 243 Å². The SMILES string of the molecule is CC1(C)c2ccccc2-c2ccc(N(c3ccc(-c4cccc(-c5cccc6ccccc56)c4)cc3)c3ccc4c(c3)-c3ccccc3C43c4ccccc4-c4ccccc43)cc21. The minimum atomic E-state index is -0.381. The lowest BCUT2D eigenvalue weighted by Gasteiger charge is -2.31. The van der Waals surface area contributed by atoms with E-state index in [0.29, 0.717) is 0 Å². The molecule has 0 saturated carbocycles. The minimum absolute atomic E-state index is 0.126. The maximum Gasteiger partial charge on any atom is 0.0725 e. The Morgan fingerprint density at radius 3 is 1.48 bits per heavy atom. The fraction of sp³-hybridized carbons (Fsp3) is 0.0645. The van der Waals surface area contributed by atoms with Crippen molar-refractivity contribution in [1.82, 2.24) is 0 Å². The first-order chi connectivity index (χ1) is 31.0. The molecule has 0 unspecified atom stereocenters. The monoisotopic (exact) mass is 801 g/mol. The molecular formula is C62H43N. The number of nitrogens with zero attached hydrogens (tertiary/aromatic N) is 1.